The number of rotatable bonds is 0. The zero-order valence-corrected chi connectivity index (χ0v) is 15.2. The van der Waals surface area contributed by atoms with Gasteiger partial charge in [-0.05, 0) is 70.7 Å². The van der Waals surface area contributed by atoms with Crippen molar-refractivity contribution in [1.82, 2.24) is 0 Å². The lowest BCUT2D eigenvalue weighted by atomic mass is 9.89. The molecule has 7 aromatic carbocycles. The van der Waals surface area contributed by atoms with E-state index in [0.717, 1.165) is 0 Å². The molecule has 0 aliphatic carbocycles. The summed E-state index contributed by atoms with van der Waals surface area (Å²) in [5.41, 5.74) is 0. The molecule has 0 nitrogen and oxygen atoms in total. The van der Waals surface area contributed by atoms with Gasteiger partial charge in [0, 0.05) is 0 Å². The second-order valence-corrected chi connectivity index (χ2v) is 7.78. The van der Waals surface area contributed by atoms with Crippen LogP contribution in [-0.2, 0) is 0 Å². The highest BCUT2D eigenvalue weighted by molar-refractivity contribution is 6.32. The Labute approximate surface area is 162 Å². The third-order valence-electron chi connectivity index (χ3n) is 6.37. The van der Waals surface area contributed by atoms with E-state index in [1.54, 1.807) is 0 Å². The first-order chi connectivity index (χ1) is 13.9. The molecule has 0 unspecified atom stereocenters. The van der Waals surface area contributed by atoms with Crippen molar-refractivity contribution in [3.05, 3.63) is 97.1 Å². The molecule has 0 amide bonds. The average Bonchev–Trinajstić information content (AvgIpc) is 2.76. The van der Waals surface area contributed by atoms with Crippen molar-refractivity contribution in [3.63, 3.8) is 0 Å². The van der Waals surface area contributed by atoms with Crippen LogP contribution in [0.25, 0.3) is 64.6 Å². The molecule has 7 rings (SSSR count). The Morgan fingerprint density at radius 3 is 1.75 bits per heavy atom. The fourth-order valence-corrected chi connectivity index (χ4v) is 5.11. The Balaban J connectivity index is 1.77. The van der Waals surface area contributed by atoms with E-state index in [1.807, 2.05) is 0 Å². The summed E-state index contributed by atoms with van der Waals surface area (Å²) in [4.78, 5) is 0. The van der Waals surface area contributed by atoms with E-state index in [0.29, 0.717) is 0 Å². The molecule has 0 spiro atoms. The lowest BCUT2D eigenvalue weighted by Crippen LogP contribution is -1.87. The minimum Gasteiger partial charge on any atom is -0.0616 e. The molecule has 128 valence electrons. The van der Waals surface area contributed by atoms with Gasteiger partial charge in [-0.3, -0.25) is 0 Å². The zero-order valence-electron chi connectivity index (χ0n) is 15.2. The molecule has 0 heteroatoms. The largest absolute Gasteiger partial charge is 0.0616 e. The van der Waals surface area contributed by atoms with Crippen LogP contribution in [-0.4, -0.2) is 0 Å². The van der Waals surface area contributed by atoms with Crippen molar-refractivity contribution >= 4 is 64.6 Å². The third kappa shape index (κ3) is 1.70. The van der Waals surface area contributed by atoms with Gasteiger partial charge in [0.25, 0.3) is 0 Å². The number of hydrogen-bond donors (Lipinski definition) is 0. The first-order valence-corrected chi connectivity index (χ1v) is 9.79. The number of benzene rings is 7. The van der Waals surface area contributed by atoms with Gasteiger partial charge in [-0.2, -0.15) is 0 Å². The maximum absolute atomic E-state index is 2.39. The molecule has 0 aromatic heterocycles. The topological polar surface area (TPSA) is 0 Å². The zero-order chi connectivity index (χ0) is 18.2. The van der Waals surface area contributed by atoms with Crippen molar-refractivity contribution in [3.8, 4) is 0 Å². The predicted molar refractivity (Wildman–Crippen MR) is 123 cm³/mol. The summed E-state index contributed by atoms with van der Waals surface area (Å²) in [7, 11) is 0. The molecular weight excluding hydrogens is 336 g/mol. The summed E-state index contributed by atoms with van der Waals surface area (Å²) in [5, 5.41) is 16.1. The SMILES string of the molecule is c1ccc2c(c1)ccc1c2ccc2c1cc1ccc3cccc4ccc2c1c34. The van der Waals surface area contributed by atoms with Gasteiger partial charge in [-0.25, -0.2) is 0 Å². The molecule has 0 aliphatic rings. The van der Waals surface area contributed by atoms with E-state index in [1.165, 1.54) is 64.6 Å². The molecule has 0 saturated heterocycles. The van der Waals surface area contributed by atoms with E-state index in [4.69, 9.17) is 0 Å². The Morgan fingerprint density at radius 2 is 0.857 bits per heavy atom. The summed E-state index contributed by atoms with van der Waals surface area (Å²) in [6.45, 7) is 0. The van der Waals surface area contributed by atoms with Crippen LogP contribution in [0.1, 0.15) is 0 Å². The second kappa shape index (κ2) is 4.99. The van der Waals surface area contributed by atoms with Crippen molar-refractivity contribution in [1.29, 1.82) is 0 Å². The lowest BCUT2D eigenvalue weighted by Gasteiger charge is -2.15. The van der Waals surface area contributed by atoms with Crippen LogP contribution in [0.5, 0.6) is 0 Å². The van der Waals surface area contributed by atoms with Gasteiger partial charge in [0.05, 0.1) is 0 Å². The van der Waals surface area contributed by atoms with E-state index < -0.39 is 0 Å². The maximum Gasteiger partial charge on any atom is -0.00203 e. The fourth-order valence-electron chi connectivity index (χ4n) is 5.11. The van der Waals surface area contributed by atoms with E-state index >= 15 is 0 Å². The van der Waals surface area contributed by atoms with Crippen molar-refractivity contribution < 1.29 is 0 Å². The van der Waals surface area contributed by atoms with E-state index in [-0.39, 0.29) is 0 Å². The van der Waals surface area contributed by atoms with Gasteiger partial charge >= 0.3 is 0 Å². The normalized spacial score (nSPS) is 12.3. The summed E-state index contributed by atoms with van der Waals surface area (Å²) in [5.74, 6) is 0. The van der Waals surface area contributed by atoms with Gasteiger partial charge in [0.1, 0.15) is 0 Å². The van der Waals surface area contributed by atoms with Gasteiger partial charge in [-0.1, -0.05) is 91.0 Å². The molecule has 0 bridgehead atoms. The highest BCUT2D eigenvalue weighted by Gasteiger charge is 2.13. The first kappa shape index (κ1) is 14.4. The molecule has 0 heterocycles. The van der Waals surface area contributed by atoms with E-state index in [2.05, 4.69) is 97.1 Å². The van der Waals surface area contributed by atoms with Crippen molar-refractivity contribution in [2.24, 2.45) is 0 Å². The average molecular weight is 352 g/mol. The number of hydrogen-bond acceptors (Lipinski definition) is 0. The van der Waals surface area contributed by atoms with Gasteiger partial charge < -0.3 is 0 Å². The predicted octanol–water partition coefficient (Wildman–Crippen LogP) is 8.04. The second-order valence-electron chi connectivity index (χ2n) is 7.78. The third-order valence-corrected chi connectivity index (χ3v) is 6.37. The molecule has 0 fully saturated rings. The van der Waals surface area contributed by atoms with Crippen LogP contribution >= 0.6 is 0 Å². The Morgan fingerprint density at radius 1 is 0.286 bits per heavy atom. The molecule has 0 atom stereocenters. The Hall–Kier alpha value is -3.64. The fraction of sp³-hybridized carbons (Fsp3) is 0. The number of fused-ring (bicyclic) bond motifs is 6. The highest BCUT2D eigenvalue weighted by Crippen LogP contribution is 2.41. The molecule has 0 saturated carbocycles. The van der Waals surface area contributed by atoms with Crippen LogP contribution in [0.4, 0.5) is 0 Å². The van der Waals surface area contributed by atoms with Gasteiger partial charge in [0.15, 0.2) is 0 Å². The van der Waals surface area contributed by atoms with E-state index in [9.17, 15) is 0 Å². The lowest BCUT2D eigenvalue weighted by molar-refractivity contribution is 1.79. The summed E-state index contributed by atoms with van der Waals surface area (Å²) < 4.78 is 0. The van der Waals surface area contributed by atoms with Crippen LogP contribution in [0.15, 0.2) is 97.1 Å². The highest BCUT2D eigenvalue weighted by atomic mass is 14.2. The van der Waals surface area contributed by atoms with Crippen LogP contribution in [0.2, 0.25) is 0 Å². The summed E-state index contributed by atoms with van der Waals surface area (Å²) in [6, 6.07) is 35.9. The van der Waals surface area contributed by atoms with Gasteiger partial charge in [0.2, 0.25) is 0 Å². The van der Waals surface area contributed by atoms with Crippen LogP contribution in [0, 0.1) is 0 Å². The molecule has 0 radical (unpaired) electrons. The molecule has 7 aromatic rings. The summed E-state index contributed by atoms with van der Waals surface area (Å²) >= 11 is 0. The van der Waals surface area contributed by atoms with Crippen LogP contribution in [0.3, 0.4) is 0 Å². The standard InChI is InChI=1S/C28H16/c1-2-7-21-17(4-1)10-12-23-22(21)14-15-24-25-13-11-19-6-3-5-18-8-9-20(16-26(23)24)28(25)27(18)19/h1-16H. The smallest absolute Gasteiger partial charge is 0.00203 e. The van der Waals surface area contributed by atoms with Crippen molar-refractivity contribution in [2.75, 3.05) is 0 Å². The molecule has 28 heavy (non-hydrogen) atoms. The van der Waals surface area contributed by atoms with Crippen LogP contribution < -0.4 is 0 Å². The Kier molecular flexibility index (Phi) is 2.57. The van der Waals surface area contributed by atoms with Gasteiger partial charge in [-0.15, -0.1) is 0 Å². The molecular formula is C28H16. The Bertz CT molecular complexity index is 1690. The van der Waals surface area contributed by atoms with Crippen molar-refractivity contribution in [2.45, 2.75) is 0 Å². The minimum atomic E-state index is 1.30. The first-order valence-electron chi connectivity index (χ1n) is 9.79. The quantitative estimate of drug-likeness (QED) is 0.191. The molecule has 0 N–H and O–H groups in total. The summed E-state index contributed by atoms with van der Waals surface area (Å²) in [6.07, 6.45) is 0. The monoisotopic (exact) mass is 352 g/mol. The minimum absolute atomic E-state index is 1.30. The maximum atomic E-state index is 2.39. The molecule has 0 aliphatic heterocycles.